The molecule has 0 spiro atoms. The maximum absolute atomic E-state index is 9.05. The van der Waals surface area contributed by atoms with Gasteiger partial charge in [0.05, 0.1) is 18.2 Å². The Morgan fingerprint density at radius 1 is 1.33 bits per heavy atom. The molecule has 0 aromatic carbocycles. The molecule has 0 aliphatic carbocycles. The highest BCUT2D eigenvalue weighted by atomic mass is 79.9. The lowest BCUT2D eigenvalue weighted by molar-refractivity contribution is 0.425. The molecule has 2 heterocycles. The van der Waals surface area contributed by atoms with Gasteiger partial charge in [-0.15, -0.1) is 0 Å². The molecule has 2 N–H and O–H groups in total. The minimum Gasteiger partial charge on any atom is -0.472 e. The predicted octanol–water partition coefficient (Wildman–Crippen LogP) is 0.784. The number of halogens is 1. The summed E-state index contributed by atoms with van der Waals surface area (Å²) in [5.41, 5.74) is 1.80. The molecule has 0 saturated heterocycles. The van der Waals surface area contributed by atoms with E-state index in [9.17, 15) is 0 Å². The number of furan rings is 1. The van der Waals surface area contributed by atoms with Gasteiger partial charge in [0.25, 0.3) is 0 Å². The third-order valence-corrected chi connectivity index (χ3v) is 2.34. The van der Waals surface area contributed by atoms with Crippen molar-refractivity contribution in [1.82, 2.24) is 4.98 Å². The molecule has 0 radical (unpaired) electrons. The van der Waals surface area contributed by atoms with Gasteiger partial charge < -0.3 is 14.5 Å². The van der Waals surface area contributed by atoms with Gasteiger partial charge in [0.2, 0.25) is 0 Å². The van der Waals surface area contributed by atoms with E-state index in [0.29, 0.717) is 15.8 Å². The SMILES string of the molecule is OB(O)c1cc(Br)nc(-c2ccoc2)c1. The van der Waals surface area contributed by atoms with Crippen molar-refractivity contribution in [2.45, 2.75) is 0 Å². The van der Waals surface area contributed by atoms with Crippen molar-refractivity contribution >= 4 is 28.5 Å². The van der Waals surface area contributed by atoms with E-state index in [1.54, 1.807) is 24.5 Å². The molecule has 76 valence electrons. The lowest BCUT2D eigenvalue weighted by atomic mass is 9.80. The van der Waals surface area contributed by atoms with Gasteiger partial charge in [-0.3, -0.25) is 0 Å². The van der Waals surface area contributed by atoms with Crippen LogP contribution in [0.15, 0.2) is 39.7 Å². The highest BCUT2D eigenvalue weighted by molar-refractivity contribution is 9.10. The molecule has 0 saturated carbocycles. The fraction of sp³-hybridized carbons (Fsp3) is 0. The van der Waals surface area contributed by atoms with Crippen LogP contribution in [0.2, 0.25) is 0 Å². The largest absolute Gasteiger partial charge is 0.488 e. The molecule has 0 amide bonds. The van der Waals surface area contributed by atoms with Crippen LogP contribution >= 0.6 is 15.9 Å². The van der Waals surface area contributed by atoms with Gasteiger partial charge in [-0.1, -0.05) is 0 Å². The average molecular weight is 268 g/mol. The zero-order valence-corrected chi connectivity index (χ0v) is 9.18. The maximum atomic E-state index is 9.05. The third kappa shape index (κ3) is 2.28. The molecule has 0 aliphatic rings. The second-order valence-electron chi connectivity index (χ2n) is 2.99. The van der Waals surface area contributed by atoms with Crippen LogP contribution in [-0.4, -0.2) is 22.2 Å². The van der Waals surface area contributed by atoms with Crippen LogP contribution in [0.3, 0.4) is 0 Å². The Bertz CT molecular complexity index is 458. The van der Waals surface area contributed by atoms with Crippen molar-refractivity contribution < 1.29 is 14.5 Å². The molecule has 15 heavy (non-hydrogen) atoms. The Kier molecular flexibility index (Phi) is 2.90. The molecule has 0 fully saturated rings. The predicted molar refractivity (Wildman–Crippen MR) is 59.5 cm³/mol. The van der Waals surface area contributed by atoms with Crippen molar-refractivity contribution in [1.29, 1.82) is 0 Å². The smallest absolute Gasteiger partial charge is 0.472 e. The van der Waals surface area contributed by atoms with Crippen molar-refractivity contribution in [3.63, 3.8) is 0 Å². The summed E-state index contributed by atoms with van der Waals surface area (Å²) in [5, 5.41) is 18.1. The van der Waals surface area contributed by atoms with Gasteiger partial charge in [0.15, 0.2) is 0 Å². The summed E-state index contributed by atoms with van der Waals surface area (Å²) in [6.07, 6.45) is 3.08. The normalized spacial score (nSPS) is 10.3. The zero-order chi connectivity index (χ0) is 10.8. The van der Waals surface area contributed by atoms with Gasteiger partial charge in [0.1, 0.15) is 4.60 Å². The van der Waals surface area contributed by atoms with Crippen LogP contribution < -0.4 is 5.46 Å². The van der Waals surface area contributed by atoms with Crippen molar-refractivity contribution in [3.05, 3.63) is 35.3 Å². The van der Waals surface area contributed by atoms with Crippen LogP contribution in [0.5, 0.6) is 0 Å². The molecule has 2 aromatic heterocycles. The summed E-state index contributed by atoms with van der Waals surface area (Å²) < 4.78 is 5.47. The van der Waals surface area contributed by atoms with E-state index in [0.717, 1.165) is 5.56 Å². The molecular formula is C9H7BBrNO3. The Morgan fingerprint density at radius 3 is 2.73 bits per heavy atom. The molecule has 6 heteroatoms. The van der Waals surface area contributed by atoms with E-state index < -0.39 is 7.12 Å². The molecule has 2 rings (SSSR count). The molecule has 0 bridgehead atoms. The first-order valence-electron chi connectivity index (χ1n) is 4.23. The summed E-state index contributed by atoms with van der Waals surface area (Å²) in [7, 11) is -1.50. The Balaban J connectivity index is 2.49. The highest BCUT2D eigenvalue weighted by Crippen LogP contribution is 2.18. The number of hydrogen-bond donors (Lipinski definition) is 2. The Labute approximate surface area is 94.9 Å². The van der Waals surface area contributed by atoms with Crippen molar-refractivity contribution in [2.24, 2.45) is 0 Å². The lowest BCUT2D eigenvalue weighted by Gasteiger charge is -2.03. The molecule has 4 nitrogen and oxygen atoms in total. The van der Waals surface area contributed by atoms with E-state index >= 15 is 0 Å². The van der Waals surface area contributed by atoms with Gasteiger partial charge in [-0.2, -0.15) is 0 Å². The molecular weight excluding hydrogens is 261 g/mol. The van der Waals surface area contributed by atoms with E-state index in [4.69, 9.17) is 14.5 Å². The van der Waals surface area contributed by atoms with E-state index in [2.05, 4.69) is 20.9 Å². The number of hydrogen-bond acceptors (Lipinski definition) is 4. The number of rotatable bonds is 2. The summed E-state index contributed by atoms with van der Waals surface area (Å²) in [5.74, 6) is 0. The third-order valence-electron chi connectivity index (χ3n) is 1.93. The van der Waals surface area contributed by atoms with Crippen molar-refractivity contribution in [3.8, 4) is 11.3 Å². The second-order valence-corrected chi connectivity index (χ2v) is 3.81. The standard InChI is InChI=1S/C9H7BBrNO3/c11-9-4-7(10(13)14)3-8(12-9)6-1-2-15-5-6/h1-5,13-14H. The monoisotopic (exact) mass is 267 g/mol. The highest BCUT2D eigenvalue weighted by Gasteiger charge is 2.14. The van der Waals surface area contributed by atoms with Crippen LogP contribution in [-0.2, 0) is 0 Å². The maximum Gasteiger partial charge on any atom is 0.488 e. The second kappa shape index (κ2) is 4.18. The molecule has 0 aliphatic heterocycles. The molecule has 0 atom stereocenters. The number of nitrogens with zero attached hydrogens (tertiary/aromatic N) is 1. The van der Waals surface area contributed by atoms with Gasteiger partial charge >= 0.3 is 7.12 Å². The topological polar surface area (TPSA) is 66.5 Å². The van der Waals surface area contributed by atoms with Gasteiger partial charge in [-0.05, 0) is 39.6 Å². The fourth-order valence-corrected chi connectivity index (χ4v) is 1.68. The van der Waals surface area contributed by atoms with Crippen LogP contribution in [0.25, 0.3) is 11.3 Å². The molecule has 2 aromatic rings. The summed E-state index contributed by atoms with van der Waals surface area (Å²) in [4.78, 5) is 4.19. The van der Waals surface area contributed by atoms with E-state index in [1.807, 2.05) is 0 Å². The first-order valence-corrected chi connectivity index (χ1v) is 5.02. The van der Waals surface area contributed by atoms with Gasteiger partial charge in [0, 0.05) is 5.56 Å². The number of aromatic nitrogens is 1. The van der Waals surface area contributed by atoms with Crippen LogP contribution in [0, 0.1) is 0 Å². The summed E-state index contributed by atoms with van der Waals surface area (Å²) in [6.45, 7) is 0. The fourth-order valence-electron chi connectivity index (χ4n) is 1.22. The molecule has 0 unspecified atom stereocenters. The average Bonchev–Trinajstić information content (AvgIpc) is 2.69. The van der Waals surface area contributed by atoms with Crippen molar-refractivity contribution in [2.75, 3.05) is 0 Å². The Hall–Kier alpha value is -1.11. The summed E-state index contributed by atoms with van der Waals surface area (Å²) in [6, 6.07) is 4.90. The quantitative estimate of drug-likeness (QED) is 0.624. The number of pyridine rings is 1. The van der Waals surface area contributed by atoms with E-state index in [-0.39, 0.29) is 0 Å². The van der Waals surface area contributed by atoms with Gasteiger partial charge in [-0.25, -0.2) is 4.98 Å². The Morgan fingerprint density at radius 2 is 2.13 bits per heavy atom. The lowest BCUT2D eigenvalue weighted by Crippen LogP contribution is -2.30. The van der Waals surface area contributed by atoms with E-state index in [1.165, 1.54) is 6.26 Å². The first kappa shape index (κ1) is 10.4. The van der Waals surface area contributed by atoms with Crippen LogP contribution in [0.1, 0.15) is 0 Å². The van der Waals surface area contributed by atoms with Crippen LogP contribution in [0.4, 0.5) is 0 Å². The first-order chi connectivity index (χ1) is 7.16. The minimum absolute atomic E-state index is 0.382. The zero-order valence-electron chi connectivity index (χ0n) is 7.59. The summed E-state index contributed by atoms with van der Waals surface area (Å²) >= 11 is 3.20. The minimum atomic E-state index is -1.50.